The molecule has 2 N–H and O–H groups in total. The van der Waals surface area contributed by atoms with E-state index in [2.05, 4.69) is 20.9 Å². The number of hydrogen-bond acceptors (Lipinski definition) is 4. The summed E-state index contributed by atoms with van der Waals surface area (Å²) in [6, 6.07) is 18.7. The fraction of sp³-hybridized carbons (Fsp3) is 0. The van der Waals surface area contributed by atoms with E-state index < -0.39 is 0 Å². The Hall–Kier alpha value is -3.12. The van der Waals surface area contributed by atoms with Crippen molar-refractivity contribution in [1.82, 2.24) is 9.66 Å². The quantitative estimate of drug-likeness (QED) is 0.513. The summed E-state index contributed by atoms with van der Waals surface area (Å²) in [5.41, 5.74) is 1.30. The van der Waals surface area contributed by atoms with Crippen molar-refractivity contribution in [3.8, 4) is 11.3 Å². The van der Waals surface area contributed by atoms with Gasteiger partial charge in [0.2, 0.25) is 0 Å². The monoisotopic (exact) mass is 407 g/mol. The van der Waals surface area contributed by atoms with Gasteiger partial charge in [-0.2, -0.15) is 0 Å². The maximum Gasteiger partial charge on any atom is 0.280 e. The number of furan rings is 1. The third-order valence-corrected chi connectivity index (χ3v) is 4.52. The smallest absolute Gasteiger partial charge is 0.280 e. The Kier molecular flexibility index (Phi) is 4.18. The topological polar surface area (TPSA) is 74.1 Å². The van der Waals surface area contributed by atoms with E-state index in [1.165, 1.54) is 0 Å². The SMILES string of the molecule is Nn1c(/C=C/c2ccc(-c3ccc(Br)cc3)o2)nc2ccccc2c1=O. The molecule has 0 spiro atoms. The first kappa shape index (κ1) is 16.4. The van der Waals surface area contributed by atoms with Crippen LogP contribution in [0.15, 0.2) is 74.3 Å². The van der Waals surface area contributed by atoms with Crippen LogP contribution in [0, 0.1) is 0 Å². The van der Waals surface area contributed by atoms with Crippen LogP contribution in [0.5, 0.6) is 0 Å². The van der Waals surface area contributed by atoms with E-state index in [-0.39, 0.29) is 5.56 Å². The average Bonchev–Trinajstić information content (AvgIpc) is 3.13. The van der Waals surface area contributed by atoms with Gasteiger partial charge in [0.05, 0.1) is 10.9 Å². The summed E-state index contributed by atoms with van der Waals surface area (Å²) < 4.78 is 7.88. The van der Waals surface area contributed by atoms with Gasteiger partial charge in [-0.1, -0.05) is 40.2 Å². The molecule has 6 heteroatoms. The lowest BCUT2D eigenvalue weighted by molar-refractivity contribution is 0.572. The van der Waals surface area contributed by atoms with Gasteiger partial charge >= 0.3 is 0 Å². The van der Waals surface area contributed by atoms with E-state index in [9.17, 15) is 4.79 Å². The van der Waals surface area contributed by atoms with Gasteiger partial charge in [-0.05, 0) is 48.6 Å². The van der Waals surface area contributed by atoms with Gasteiger partial charge in [0, 0.05) is 10.0 Å². The first-order valence-electron chi connectivity index (χ1n) is 7.92. The van der Waals surface area contributed by atoms with Crippen LogP contribution in [-0.2, 0) is 0 Å². The molecule has 4 aromatic rings. The van der Waals surface area contributed by atoms with E-state index >= 15 is 0 Å². The lowest BCUT2D eigenvalue weighted by atomic mass is 10.2. The van der Waals surface area contributed by atoms with E-state index in [0.717, 1.165) is 20.5 Å². The molecule has 0 saturated heterocycles. The summed E-state index contributed by atoms with van der Waals surface area (Å²) >= 11 is 3.42. The minimum Gasteiger partial charge on any atom is -0.457 e. The van der Waals surface area contributed by atoms with Gasteiger partial charge in [0.15, 0.2) is 5.82 Å². The first-order valence-corrected chi connectivity index (χ1v) is 8.72. The lowest BCUT2D eigenvalue weighted by Crippen LogP contribution is -2.30. The molecule has 0 fully saturated rings. The highest BCUT2D eigenvalue weighted by Crippen LogP contribution is 2.24. The van der Waals surface area contributed by atoms with Gasteiger partial charge in [-0.25, -0.2) is 9.66 Å². The minimum atomic E-state index is -0.287. The zero-order valence-electron chi connectivity index (χ0n) is 13.6. The van der Waals surface area contributed by atoms with Crippen LogP contribution >= 0.6 is 15.9 Å². The van der Waals surface area contributed by atoms with Crippen molar-refractivity contribution in [3.63, 3.8) is 0 Å². The van der Waals surface area contributed by atoms with Crippen molar-refractivity contribution in [2.24, 2.45) is 0 Å². The number of nitrogens with zero attached hydrogens (tertiary/aromatic N) is 2. The Morgan fingerprint density at radius 2 is 1.77 bits per heavy atom. The van der Waals surface area contributed by atoms with Gasteiger partial charge in [0.1, 0.15) is 11.5 Å². The van der Waals surface area contributed by atoms with Gasteiger partial charge in [-0.3, -0.25) is 4.79 Å². The number of aromatic nitrogens is 2. The maximum absolute atomic E-state index is 12.3. The molecule has 0 atom stereocenters. The third-order valence-electron chi connectivity index (χ3n) is 3.99. The lowest BCUT2D eigenvalue weighted by Gasteiger charge is -2.04. The zero-order chi connectivity index (χ0) is 18.1. The molecule has 0 unspecified atom stereocenters. The molecule has 2 heterocycles. The third kappa shape index (κ3) is 3.07. The van der Waals surface area contributed by atoms with Crippen molar-refractivity contribution >= 4 is 39.0 Å². The standard InChI is InChI=1S/C20H14BrN3O2/c21-14-7-5-13(6-8-14)18-11-9-15(26-18)10-12-19-23-17-4-2-1-3-16(17)20(25)24(19)22/h1-12H,22H2/b12-10+. The number of hydrogen-bond donors (Lipinski definition) is 1. The second-order valence-corrected chi connectivity index (χ2v) is 6.62. The van der Waals surface area contributed by atoms with Gasteiger partial charge in [-0.15, -0.1) is 0 Å². The Morgan fingerprint density at radius 1 is 1.00 bits per heavy atom. The molecule has 0 saturated carbocycles. The predicted molar refractivity (Wildman–Crippen MR) is 107 cm³/mol. The van der Waals surface area contributed by atoms with Crippen molar-refractivity contribution in [2.75, 3.05) is 5.84 Å². The Bertz CT molecular complexity index is 1170. The van der Waals surface area contributed by atoms with Crippen molar-refractivity contribution in [2.45, 2.75) is 0 Å². The van der Waals surface area contributed by atoms with E-state index in [1.54, 1.807) is 30.4 Å². The molecule has 0 aliphatic rings. The van der Waals surface area contributed by atoms with E-state index in [1.807, 2.05) is 42.5 Å². The number of fused-ring (bicyclic) bond motifs is 1. The Balaban J connectivity index is 1.67. The summed E-state index contributed by atoms with van der Waals surface area (Å²) in [5, 5.41) is 0.489. The minimum absolute atomic E-state index is 0.287. The molecule has 0 aliphatic carbocycles. The highest BCUT2D eigenvalue weighted by Gasteiger charge is 2.07. The van der Waals surface area contributed by atoms with Gasteiger partial charge in [0.25, 0.3) is 5.56 Å². The van der Waals surface area contributed by atoms with Crippen LogP contribution in [0.1, 0.15) is 11.6 Å². The second-order valence-electron chi connectivity index (χ2n) is 5.70. The molecule has 0 aliphatic heterocycles. The molecule has 0 amide bonds. The summed E-state index contributed by atoms with van der Waals surface area (Å²) in [7, 11) is 0. The van der Waals surface area contributed by atoms with Crippen LogP contribution < -0.4 is 11.4 Å². The summed E-state index contributed by atoms with van der Waals surface area (Å²) in [4.78, 5) is 16.7. The normalized spacial score (nSPS) is 11.4. The molecule has 26 heavy (non-hydrogen) atoms. The number of halogens is 1. The number of nitrogens with two attached hydrogens (primary N) is 1. The molecule has 4 rings (SSSR count). The maximum atomic E-state index is 12.3. The fourth-order valence-corrected chi connectivity index (χ4v) is 2.91. The first-order chi connectivity index (χ1) is 12.6. The highest BCUT2D eigenvalue weighted by atomic mass is 79.9. The molecule has 2 aromatic carbocycles. The Morgan fingerprint density at radius 3 is 2.58 bits per heavy atom. The van der Waals surface area contributed by atoms with Crippen LogP contribution in [0.3, 0.4) is 0 Å². The molecule has 5 nitrogen and oxygen atoms in total. The molecular weight excluding hydrogens is 394 g/mol. The molecule has 128 valence electrons. The molecular formula is C20H14BrN3O2. The zero-order valence-corrected chi connectivity index (χ0v) is 15.2. The van der Waals surface area contributed by atoms with E-state index in [4.69, 9.17) is 10.3 Å². The van der Waals surface area contributed by atoms with Crippen molar-refractivity contribution < 1.29 is 4.42 Å². The average molecular weight is 408 g/mol. The molecule has 2 aromatic heterocycles. The Labute approximate surface area is 157 Å². The largest absolute Gasteiger partial charge is 0.457 e. The molecule has 0 bridgehead atoms. The number of rotatable bonds is 3. The van der Waals surface area contributed by atoms with E-state index in [0.29, 0.717) is 22.5 Å². The van der Waals surface area contributed by atoms with Crippen LogP contribution in [0.2, 0.25) is 0 Å². The van der Waals surface area contributed by atoms with Crippen molar-refractivity contribution in [1.29, 1.82) is 0 Å². The fourth-order valence-electron chi connectivity index (χ4n) is 2.65. The number of nitrogen functional groups attached to an aromatic ring is 1. The van der Waals surface area contributed by atoms with Gasteiger partial charge < -0.3 is 10.3 Å². The van der Waals surface area contributed by atoms with Crippen LogP contribution in [0.25, 0.3) is 34.4 Å². The summed E-state index contributed by atoms with van der Waals surface area (Å²) in [6.45, 7) is 0. The summed E-state index contributed by atoms with van der Waals surface area (Å²) in [5.74, 6) is 7.64. The van der Waals surface area contributed by atoms with Crippen LogP contribution in [-0.4, -0.2) is 9.66 Å². The molecule has 0 radical (unpaired) electrons. The number of para-hydroxylation sites is 1. The predicted octanol–water partition coefficient (Wildman–Crippen LogP) is 4.30. The van der Waals surface area contributed by atoms with Crippen molar-refractivity contribution in [3.05, 3.63) is 87.1 Å². The summed E-state index contributed by atoms with van der Waals surface area (Å²) in [6.07, 6.45) is 3.40. The number of benzene rings is 2. The highest BCUT2D eigenvalue weighted by molar-refractivity contribution is 9.10. The second kappa shape index (κ2) is 6.65. The van der Waals surface area contributed by atoms with Crippen LogP contribution in [0.4, 0.5) is 0 Å².